The summed E-state index contributed by atoms with van der Waals surface area (Å²) in [6.07, 6.45) is 3.04. The zero-order chi connectivity index (χ0) is 37.4. The van der Waals surface area contributed by atoms with E-state index in [-0.39, 0.29) is 71.1 Å². The molecule has 21 heteroatoms. The Morgan fingerprint density at radius 3 is 1.36 bits per heavy atom. The average Bonchev–Trinajstić information content (AvgIpc) is 3.75. The van der Waals surface area contributed by atoms with Crippen molar-refractivity contribution in [2.75, 3.05) is 28.4 Å². The molecule has 6 aromatic rings. The maximum atomic E-state index is 12.6. The van der Waals surface area contributed by atoms with E-state index in [1.165, 1.54) is 77.2 Å². The third-order valence-electron chi connectivity index (χ3n) is 6.88. The summed E-state index contributed by atoms with van der Waals surface area (Å²) in [7, 11) is 5.91. The summed E-state index contributed by atoms with van der Waals surface area (Å²) in [5.41, 5.74) is 2.36. The number of nitrogens with zero attached hydrogens (tertiary/aromatic N) is 6. The molecule has 276 valence electrons. The number of ether oxygens (including phenoxy) is 6. The van der Waals surface area contributed by atoms with Crippen LogP contribution < -0.4 is 38.4 Å². The molecule has 0 aliphatic carbocycles. The molecular formula is C32H28CaF4N6O8S2. The Kier molecular flexibility index (Phi) is 15.3. The van der Waals surface area contributed by atoms with Gasteiger partial charge in [0, 0.05) is 24.5 Å². The van der Waals surface area contributed by atoms with Gasteiger partial charge in [-0.1, -0.05) is 12.1 Å². The van der Waals surface area contributed by atoms with Gasteiger partial charge in [-0.25, -0.2) is 0 Å². The van der Waals surface area contributed by atoms with E-state index < -0.39 is 35.6 Å². The first kappa shape index (κ1) is 41.8. The third-order valence-corrected chi connectivity index (χ3v) is 9.13. The van der Waals surface area contributed by atoms with E-state index in [0.717, 1.165) is 0 Å². The van der Waals surface area contributed by atoms with E-state index in [2.05, 4.69) is 39.4 Å². The molecule has 14 nitrogen and oxygen atoms in total. The van der Waals surface area contributed by atoms with Crippen LogP contribution in [0.4, 0.5) is 17.6 Å². The van der Waals surface area contributed by atoms with Gasteiger partial charge in [-0.3, -0.25) is 9.97 Å². The molecule has 6 rings (SSSR count). The number of imidazole rings is 2. The Balaban J connectivity index is 0.000000232. The Morgan fingerprint density at radius 2 is 1.02 bits per heavy atom. The van der Waals surface area contributed by atoms with E-state index >= 15 is 0 Å². The molecule has 0 saturated heterocycles. The molecular weight excluding hydrogens is 777 g/mol. The van der Waals surface area contributed by atoms with E-state index in [0.29, 0.717) is 56.5 Å². The number of rotatable bonds is 14. The molecule has 53 heavy (non-hydrogen) atoms. The van der Waals surface area contributed by atoms with E-state index in [1.807, 2.05) is 0 Å². The molecule has 2 atom stereocenters. The van der Waals surface area contributed by atoms with Gasteiger partial charge in [0.15, 0.2) is 34.5 Å². The molecule has 2 unspecified atom stereocenters. The fourth-order valence-electron chi connectivity index (χ4n) is 4.68. The van der Waals surface area contributed by atoms with Gasteiger partial charge in [-0.15, -0.1) is 0 Å². The van der Waals surface area contributed by atoms with Crippen LogP contribution in [0.25, 0.3) is 22.1 Å². The Bertz CT molecular complexity index is 1970. The predicted octanol–water partition coefficient (Wildman–Crippen LogP) is 4.65. The van der Waals surface area contributed by atoms with Crippen LogP contribution >= 0.6 is 0 Å². The number of benzene rings is 2. The maximum absolute atomic E-state index is 12.6. The van der Waals surface area contributed by atoms with E-state index in [9.17, 15) is 26.7 Å². The first-order chi connectivity index (χ1) is 25.0. The van der Waals surface area contributed by atoms with Crippen molar-refractivity contribution in [1.82, 2.24) is 29.9 Å². The summed E-state index contributed by atoms with van der Waals surface area (Å²) < 4.78 is 104. The average molecular weight is 805 g/mol. The number of fused-ring (bicyclic) bond motifs is 2. The van der Waals surface area contributed by atoms with Crippen LogP contribution in [-0.4, -0.2) is 108 Å². The van der Waals surface area contributed by atoms with Crippen molar-refractivity contribution in [2.24, 2.45) is 0 Å². The molecule has 0 N–H and O–H groups in total. The molecule has 0 bridgehead atoms. The summed E-state index contributed by atoms with van der Waals surface area (Å²) in [6, 6.07) is 11.5. The van der Waals surface area contributed by atoms with Gasteiger partial charge in [0.2, 0.25) is 0 Å². The van der Waals surface area contributed by atoms with Gasteiger partial charge >= 0.3 is 51.0 Å². The molecule has 4 aromatic heterocycles. The molecule has 0 fully saturated rings. The van der Waals surface area contributed by atoms with Crippen molar-refractivity contribution in [3.05, 3.63) is 72.3 Å². The summed E-state index contributed by atoms with van der Waals surface area (Å²) >= 11 is -3.23. The monoisotopic (exact) mass is 804 g/mol. The molecule has 0 amide bonds. The molecule has 4 heterocycles. The number of alkyl halides is 4. The summed E-state index contributed by atoms with van der Waals surface area (Å²) in [5.74, 6) is 1.64. The minimum absolute atomic E-state index is 0. The number of halogens is 4. The topological polar surface area (TPSA) is 181 Å². The molecule has 0 spiro atoms. The van der Waals surface area contributed by atoms with Gasteiger partial charge in [0.05, 0.1) is 28.4 Å². The smallest absolute Gasteiger partial charge is 0.612 e. The van der Waals surface area contributed by atoms with Crippen LogP contribution in [0.5, 0.6) is 34.5 Å². The van der Waals surface area contributed by atoms with E-state index in [1.54, 1.807) is 12.1 Å². The fraction of sp³-hybridized carbons (Fsp3) is 0.250. The van der Waals surface area contributed by atoms with Gasteiger partial charge in [-0.2, -0.15) is 17.6 Å². The van der Waals surface area contributed by atoms with Gasteiger partial charge in [0.25, 0.3) is 0 Å². The summed E-state index contributed by atoms with van der Waals surface area (Å²) in [4.78, 5) is 25.0. The minimum Gasteiger partial charge on any atom is -0.612 e. The number of hydrogen-bond acceptors (Lipinski definition) is 12. The third kappa shape index (κ3) is 10.6. The van der Waals surface area contributed by atoms with Crippen molar-refractivity contribution in [1.29, 1.82) is 0 Å². The minimum atomic E-state index is -2.93. The Morgan fingerprint density at radius 1 is 0.623 bits per heavy atom. The molecule has 0 radical (unpaired) electrons. The number of aromatic nitrogens is 6. The van der Waals surface area contributed by atoms with Crippen molar-refractivity contribution >= 4 is 82.2 Å². The van der Waals surface area contributed by atoms with Gasteiger partial charge in [-0.05, 0) is 68.7 Å². The zero-order valence-electron chi connectivity index (χ0n) is 28.3. The van der Waals surface area contributed by atoms with Crippen molar-refractivity contribution in [2.45, 2.75) is 35.0 Å². The van der Waals surface area contributed by atoms with Crippen LogP contribution in [0.3, 0.4) is 0 Å². The Labute approximate surface area is 335 Å². The van der Waals surface area contributed by atoms with Crippen LogP contribution in [0.2, 0.25) is 0 Å². The largest absolute Gasteiger partial charge is 2.00 e. The number of pyridine rings is 2. The van der Waals surface area contributed by atoms with Crippen molar-refractivity contribution in [3.8, 4) is 34.5 Å². The van der Waals surface area contributed by atoms with Crippen LogP contribution in [-0.2, 0) is 33.9 Å². The first-order valence-corrected chi connectivity index (χ1v) is 17.3. The summed E-state index contributed by atoms with van der Waals surface area (Å²) in [6.45, 7) is -5.87. The molecule has 0 saturated carbocycles. The fourth-order valence-corrected chi connectivity index (χ4v) is 6.64. The second-order valence-corrected chi connectivity index (χ2v) is 12.7. The number of methoxy groups -OCH3 is 4. The Hall–Kier alpha value is -3.92. The maximum Gasteiger partial charge on any atom is 2.00 e. The van der Waals surface area contributed by atoms with Crippen LogP contribution in [0, 0.1) is 0 Å². The summed E-state index contributed by atoms with van der Waals surface area (Å²) in [5, 5.41) is 0.140. The second-order valence-electron chi connectivity index (χ2n) is 10.0. The molecule has 0 aliphatic rings. The SMILES string of the molecule is COc1ccnc(C[S+]([O-])c2nc3cc(OC(F)F)ccc3[n-]2)c1OC.COc1ccnc(C[S+]([O-])c2nc3cc(OC(F)F)ccc3[n-]2)c1OC.[Ca+2]. The normalized spacial score (nSPS) is 12.2. The standard InChI is InChI=1S/2C16H14F2N3O4S.Ca/c2*1-23-13-5-6-19-12(14(13)24-2)8-26(22)16-20-10-4-3-9(25-15(17)18)7-11(10)21-16;/h2*3-7,15H,8H2,1-2H3;/q2*-1;+2. The molecule has 0 aliphatic heterocycles. The van der Waals surface area contributed by atoms with Crippen molar-refractivity contribution in [3.63, 3.8) is 0 Å². The van der Waals surface area contributed by atoms with E-state index in [4.69, 9.17) is 18.9 Å². The first-order valence-electron chi connectivity index (χ1n) is 14.7. The van der Waals surface area contributed by atoms with Gasteiger partial charge in [0.1, 0.15) is 33.2 Å². The van der Waals surface area contributed by atoms with Gasteiger partial charge < -0.3 is 57.5 Å². The zero-order valence-corrected chi connectivity index (χ0v) is 32.2. The molecule has 2 aromatic carbocycles. The quantitative estimate of drug-likeness (QED) is 0.0844. The van der Waals surface area contributed by atoms with Crippen LogP contribution in [0.1, 0.15) is 11.4 Å². The predicted molar refractivity (Wildman–Crippen MR) is 184 cm³/mol. The number of hydrogen-bond donors (Lipinski definition) is 0. The van der Waals surface area contributed by atoms with Crippen LogP contribution in [0.15, 0.2) is 71.2 Å². The van der Waals surface area contributed by atoms with Crippen molar-refractivity contribution < 1.29 is 55.1 Å². The second kappa shape index (κ2) is 19.4.